The van der Waals surface area contributed by atoms with Gasteiger partial charge in [-0.3, -0.25) is 24.3 Å². The quantitative estimate of drug-likeness (QED) is 0.413. The normalized spacial score (nSPS) is 29.2. The zero-order valence-electron chi connectivity index (χ0n) is 25.2. The molecule has 1 saturated carbocycles. The smallest absolute Gasteiger partial charge is 0.257 e. The lowest BCUT2D eigenvalue weighted by molar-refractivity contribution is -0.236. The minimum Gasteiger partial charge on any atom is -0.380 e. The number of hydrogen-bond acceptors (Lipinski definition) is 8. The number of aliphatic hydroxyl groups is 2. The number of halogens is 1. The monoisotopic (exact) mass is 594 g/mol. The van der Waals surface area contributed by atoms with E-state index in [0.717, 1.165) is 11.1 Å². The number of aliphatic imine (C=N–C) groups is 1. The van der Waals surface area contributed by atoms with Crippen LogP contribution in [-0.4, -0.2) is 69.0 Å². The van der Waals surface area contributed by atoms with E-state index in [1.807, 2.05) is 25.8 Å². The Kier molecular flexibility index (Phi) is 7.44. The van der Waals surface area contributed by atoms with Gasteiger partial charge in [-0.1, -0.05) is 6.92 Å². The van der Waals surface area contributed by atoms with Gasteiger partial charge in [0.15, 0.2) is 12.1 Å². The summed E-state index contributed by atoms with van der Waals surface area (Å²) in [5, 5.41) is 24.9. The van der Waals surface area contributed by atoms with Crippen molar-refractivity contribution in [2.45, 2.75) is 90.5 Å². The Bertz CT molecular complexity index is 1600. The first kappa shape index (κ1) is 29.8. The molecule has 3 aliphatic heterocycles. The molecule has 1 aromatic rings. The van der Waals surface area contributed by atoms with Gasteiger partial charge in [-0.25, -0.2) is 4.39 Å². The van der Waals surface area contributed by atoms with Crippen molar-refractivity contribution in [3.05, 3.63) is 67.6 Å². The van der Waals surface area contributed by atoms with Crippen molar-refractivity contribution in [2.75, 3.05) is 13.6 Å². The molecule has 0 radical (unpaired) electrons. The van der Waals surface area contributed by atoms with Crippen LogP contribution < -0.4 is 10.9 Å². The average Bonchev–Trinajstić information content (AvgIpc) is 3.32. The Hall–Kier alpha value is -3.25. The maximum absolute atomic E-state index is 15.1. The maximum Gasteiger partial charge on any atom is 0.257 e. The lowest BCUT2D eigenvalue weighted by Crippen LogP contribution is -2.47. The number of aliphatic hydroxyl groups excluding tert-OH is 1. The Labute approximate surface area is 249 Å². The van der Waals surface area contributed by atoms with Gasteiger partial charge in [0.1, 0.15) is 11.4 Å². The molecule has 43 heavy (non-hydrogen) atoms. The zero-order chi connectivity index (χ0) is 31.0. The topological polar surface area (TPSA) is 133 Å². The molecule has 11 heteroatoms. The Morgan fingerprint density at radius 3 is 2.77 bits per heavy atom. The van der Waals surface area contributed by atoms with Crippen molar-refractivity contribution in [3.63, 3.8) is 0 Å². The third-order valence-corrected chi connectivity index (χ3v) is 10.0. The number of likely N-dealkylation sites (N-methyl/N-ethyl adjacent to an activating group) is 1. The highest BCUT2D eigenvalue weighted by atomic mass is 19.1. The number of ketones is 1. The number of nitrogens with zero attached hydrogens (tertiary/aromatic N) is 3. The van der Waals surface area contributed by atoms with Crippen LogP contribution in [0.4, 0.5) is 4.39 Å². The van der Waals surface area contributed by atoms with Crippen LogP contribution in [0.2, 0.25) is 0 Å². The van der Waals surface area contributed by atoms with E-state index < -0.39 is 17.9 Å². The third kappa shape index (κ3) is 4.68. The number of ether oxygens (including phenoxy) is 1. The van der Waals surface area contributed by atoms with E-state index in [1.165, 1.54) is 6.08 Å². The first-order valence-electron chi connectivity index (χ1n) is 15.1. The molecule has 0 aromatic carbocycles. The molecule has 0 bridgehead atoms. The molecule has 5 aliphatic rings. The largest absolute Gasteiger partial charge is 0.380 e. The molecule has 3 N–H and O–H groups in total. The standard InChI is InChI=1S/C32H39FN4O6/c1-6-32(42)21-10-25-29-19(13-37(25)30(40)20(21)14-43-31(32)41)28-23(34-26(39)9-17(38)12-36(5)15(2)3)8-7-18-16(4)22(33)11-24(35-29)27(18)28/h10-11,15,18,23,27,31,41-42H,6-9,12-14H2,1-5H3,(H,34,39)/t18?,23-,27?,31?,32-/m0/s1. The first-order chi connectivity index (χ1) is 20.3. The summed E-state index contributed by atoms with van der Waals surface area (Å²) in [7, 11) is 1.84. The Morgan fingerprint density at radius 1 is 1.33 bits per heavy atom. The van der Waals surface area contributed by atoms with Crippen LogP contribution >= 0.6 is 0 Å². The van der Waals surface area contributed by atoms with Crippen LogP contribution in [0, 0.1) is 11.8 Å². The number of Topliss-reactive ketones (excluding diaryl/α,β-unsaturated/α-hetero) is 1. The van der Waals surface area contributed by atoms with Crippen molar-refractivity contribution in [3.8, 4) is 0 Å². The lowest BCUT2D eigenvalue weighted by atomic mass is 9.64. The fraction of sp³-hybridized carbons (Fsp3) is 0.562. The first-order valence-corrected chi connectivity index (χ1v) is 15.1. The van der Waals surface area contributed by atoms with Crippen LogP contribution in [-0.2, 0) is 33.1 Å². The van der Waals surface area contributed by atoms with Crippen molar-refractivity contribution < 1.29 is 28.9 Å². The van der Waals surface area contributed by atoms with E-state index >= 15 is 4.39 Å². The highest BCUT2D eigenvalue weighted by Gasteiger charge is 2.49. The molecule has 4 heterocycles. The lowest BCUT2D eigenvalue weighted by Gasteiger charge is -2.44. The molecule has 1 aromatic heterocycles. The number of nitrogens with one attached hydrogen (secondary N) is 1. The number of amides is 1. The molecule has 3 unspecified atom stereocenters. The molecular weight excluding hydrogens is 555 g/mol. The number of pyridine rings is 1. The maximum atomic E-state index is 15.1. The van der Waals surface area contributed by atoms with E-state index in [4.69, 9.17) is 9.73 Å². The van der Waals surface area contributed by atoms with Crippen LogP contribution in [0.1, 0.15) is 70.2 Å². The van der Waals surface area contributed by atoms with E-state index in [0.29, 0.717) is 41.1 Å². The van der Waals surface area contributed by atoms with Crippen molar-refractivity contribution in [1.82, 2.24) is 14.8 Å². The number of dihydropyridines is 1. The van der Waals surface area contributed by atoms with Gasteiger partial charge in [-0.2, -0.15) is 0 Å². The third-order valence-electron chi connectivity index (χ3n) is 10.0. The van der Waals surface area contributed by atoms with E-state index in [2.05, 4.69) is 5.32 Å². The molecule has 0 spiro atoms. The van der Waals surface area contributed by atoms with Gasteiger partial charge in [0.2, 0.25) is 5.91 Å². The predicted molar refractivity (Wildman–Crippen MR) is 157 cm³/mol. The molecule has 0 saturated heterocycles. The van der Waals surface area contributed by atoms with Gasteiger partial charge in [0.05, 0.1) is 49.3 Å². The molecular formula is C32H39FN4O6. The minimum absolute atomic E-state index is 0.120. The summed E-state index contributed by atoms with van der Waals surface area (Å²) < 4.78 is 22.1. The Morgan fingerprint density at radius 2 is 2.07 bits per heavy atom. The van der Waals surface area contributed by atoms with Crippen molar-refractivity contribution in [2.24, 2.45) is 16.8 Å². The van der Waals surface area contributed by atoms with Crippen molar-refractivity contribution in [1.29, 1.82) is 0 Å². The van der Waals surface area contributed by atoms with Crippen LogP contribution in [0.3, 0.4) is 0 Å². The molecule has 2 aliphatic carbocycles. The summed E-state index contributed by atoms with van der Waals surface area (Å²) in [5.41, 5.74) is 2.29. The molecule has 1 fully saturated rings. The van der Waals surface area contributed by atoms with Crippen molar-refractivity contribution >= 4 is 17.4 Å². The van der Waals surface area contributed by atoms with E-state index in [-0.39, 0.29) is 79.1 Å². The second kappa shape index (κ2) is 10.7. The number of aromatic nitrogens is 1. The van der Waals surface area contributed by atoms with Crippen LogP contribution in [0.15, 0.2) is 50.2 Å². The highest BCUT2D eigenvalue weighted by Crippen LogP contribution is 2.52. The van der Waals surface area contributed by atoms with Crippen LogP contribution in [0.25, 0.3) is 0 Å². The predicted octanol–water partition coefficient (Wildman–Crippen LogP) is 2.36. The van der Waals surface area contributed by atoms with Gasteiger partial charge in [0, 0.05) is 28.7 Å². The fourth-order valence-corrected chi connectivity index (χ4v) is 7.27. The summed E-state index contributed by atoms with van der Waals surface area (Å²) in [4.78, 5) is 46.4. The summed E-state index contributed by atoms with van der Waals surface area (Å²) >= 11 is 0. The number of fused-ring (bicyclic) bond motifs is 4. The summed E-state index contributed by atoms with van der Waals surface area (Å²) in [6.07, 6.45) is 1.01. The molecule has 5 atom stereocenters. The number of carbonyl (C=O) groups is 2. The van der Waals surface area contributed by atoms with E-state index in [1.54, 1.807) is 24.5 Å². The summed E-state index contributed by atoms with van der Waals surface area (Å²) in [6, 6.07) is 1.44. The number of allylic oxidation sites excluding steroid dienone is 5. The Balaban J connectivity index is 1.42. The van der Waals surface area contributed by atoms with Gasteiger partial charge in [-0.05, 0) is 76.3 Å². The van der Waals surface area contributed by atoms with Gasteiger partial charge < -0.3 is 24.8 Å². The number of hydrogen-bond donors (Lipinski definition) is 3. The fourth-order valence-electron chi connectivity index (χ4n) is 7.27. The minimum atomic E-state index is -1.77. The molecule has 1 amide bonds. The van der Waals surface area contributed by atoms with Gasteiger partial charge in [-0.15, -0.1) is 0 Å². The van der Waals surface area contributed by atoms with Gasteiger partial charge in [0.25, 0.3) is 5.56 Å². The second-order valence-corrected chi connectivity index (χ2v) is 12.8. The molecule has 10 nitrogen and oxygen atoms in total. The SMILES string of the molecule is CC[C@]1(O)c2cc3n(c(=O)c2COC1O)CC1=C2C4C(=CC(F)=C(C)C4CC[C@@H]2NC(=O)CC(=O)CN(C)C(C)C)N=C13. The number of carbonyl (C=O) groups excluding carboxylic acids is 2. The van der Waals surface area contributed by atoms with Crippen LogP contribution in [0.5, 0.6) is 0 Å². The van der Waals surface area contributed by atoms with E-state index in [9.17, 15) is 24.6 Å². The average molecular weight is 595 g/mol. The molecule has 230 valence electrons. The summed E-state index contributed by atoms with van der Waals surface area (Å²) in [6.45, 7) is 7.69. The molecule has 6 rings (SSSR count). The zero-order valence-corrected chi connectivity index (χ0v) is 25.2. The summed E-state index contributed by atoms with van der Waals surface area (Å²) in [5.74, 6) is -1.28. The number of rotatable bonds is 7. The highest BCUT2D eigenvalue weighted by molar-refractivity contribution is 6.15. The van der Waals surface area contributed by atoms with Gasteiger partial charge >= 0.3 is 0 Å². The second-order valence-electron chi connectivity index (χ2n) is 12.8.